The minimum Gasteiger partial charge on any atom is -0.465 e. The van der Waals surface area contributed by atoms with Gasteiger partial charge in [-0.2, -0.15) is 0 Å². The van der Waals surface area contributed by atoms with E-state index in [-0.39, 0.29) is 5.41 Å². The Bertz CT molecular complexity index is 569. The van der Waals surface area contributed by atoms with Gasteiger partial charge in [0, 0.05) is 38.2 Å². The first-order valence-electron chi connectivity index (χ1n) is 6.61. The molecule has 6 heteroatoms. The molecule has 0 aromatic heterocycles. The molecule has 1 amide bonds. The highest BCUT2D eigenvalue weighted by atomic mass is 19.1. The molecular formula is C14H16F2N2O2. The quantitative estimate of drug-likeness (QED) is 0.794. The van der Waals surface area contributed by atoms with Crippen LogP contribution in [0.5, 0.6) is 0 Å². The fourth-order valence-electron chi connectivity index (χ4n) is 3.53. The predicted molar refractivity (Wildman–Crippen MR) is 70.1 cm³/mol. The molecule has 0 atom stereocenters. The molecule has 4 nitrogen and oxygen atoms in total. The highest BCUT2D eigenvalue weighted by Gasteiger charge is 2.45. The third-order valence-electron chi connectivity index (χ3n) is 4.51. The number of carboxylic acid groups (broad SMARTS) is 1. The van der Waals surface area contributed by atoms with E-state index in [1.807, 2.05) is 0 Å². The summed E-state index contributed by atoms with van der Waals surface area (Å²) in [7, 11) is 1.79. The SMILES string of the molecule is CN1CC2(CCN(C(=O)O)CC2)c2cc(F)cc(F)c21. The molecular weight excluding hydrogens is 266 g/mol. The average molecular weight is 282 g/mol. The van der Waals surface area contributed by atoms with Crippen molar-refractivity contribution in [3.8, 4) is 0 Å². The van der Waals surface area contributed by atoms with Crippen LogP contribution in [0.4, 0.5) is 19.3 Å². The van der Waals surface area contributed by atoms with E-state index in [2.05, 4.69) is 0 Å². The van der Waals surface area contributed by atoms with Gasteiger partial charge in [0.15, 0.2) is 0 Å². The van der Waals surface area contributed by atoms with E-state index >= 15 is 0 Å². The van der Waals surface area contributed by atoms with Crippen molar-refractivity contribution in [2.24, 2.45) is 0 Å². The Kier molecular flexibility index (Phi) is 2.84. The smallest absolute Gasteiger partial charge is 0.407 e. The number of carbonyl (C=O) groups is 1. The molecule has 0 unspecified atom stereocenters. The lowest BCUT2D eigenvalue weighted by Crippen LogP contribution is -2.46. The first-order valence-corrected chi connectivity index (χ1v) is 6.61. The summed E-state index contributed by atoms with van der Waals surface area (Å²) >= 11 is 0. The van der Waals surface area contributed by atoms with Crippen molar-refractivity contribution in [3.05, 3.63) is 29.3 Å². The third-order valence-corrected chi connectivity index (χ3v) is 4.51. The molecule has 1 fully saturated rings. The second-order valence-electron chi connectivity index (χ2n) is 5.69. The molecule has 108 valence electrons. The van der Waals surface area contributed by atoms with Gasteiger partial charge < -0.3 is 14.9 Å². The van der Waals surface area contributed by atoms with Crippen LogP contribution in [-0.2, 0) is 5.41 Å². The van der Waals surface area contributed by atoms with Gasteiger partial charge in [0.2, 0.25) is 0 Å². The number of likely N-dealkylation sites (tertiary alicyclic amines) is 1. The summed E-state index contributed by atoms with van der Waals surface area (Å²) in [6, 6.07) is 2.30. The molecule has 0 saturated carbocycles. The highest BCUT2D eigenvalue weighted by molar-refractivity contribution is 5.66. The van der Waals surface area contributed by atoms with E-state index in [4.69, 9.17) is 5.11 Å². The number of rotatable bonds is 0. The largest absolute Gasteiger partial charge is 0.465 e. The summed E-state index contributed by atoms with van der Waals surface area (Å²) in [5.74, 6) is -1.11. The number of halogens is 2. The first kappa shape index (κ1) is 13.1. The van der Waals surface area contributed by atoms with Crippen LogP contribution in [0.1, 0.15) is 18.4 Å². The number of piperidine rings is 1. The Balaban J connectivity index is 1.97. The molecule has 0 aliphatic carbocycles. The number of hydrogen-bond acceptors (Lipinski definition) is 2. The van der Waals surface area contributed by atoms with Crippen LogP contribution in [-0.4, -0.2) is 42.8 Å². The van der Waals surface area contributed by atoms with E-state index < -0.39 is 17.7 Å². The number of likely N-dealkylation sites (N-methyl/N-ethyl adjacent to an activating group) is 1. The van der Waals surface area contributed by atoms with Crippen LogP contribution < -0.4 is 4.90 Å². The monoisotopic (exact) mass is 282 g/mol. The molecule has 3 rings (SSSR count). The van der Waals surface area contributed by atoms with Crippen molar-refractivity contribution in [2.75, 3.05) is 31.6 Å². The number of anilines is 1. The summed E-state index contributed by atoms with van der Waals surface area (Å²) in [4.78, 5) is 14.1. The maximum atomic E-state index is 14.0. The van der Waals surface area contributed by atoms with E-state index in [0.717, 1.165) is 6.07 Å². The summed E-state index contributed by atoms with van der Waals surface area (Å²) in [5, 5.41) is 9.00. The Labute approximate surface area is 115 Å². The fourth-order valence-corrected chi connectivity index (χ4v) is 3.53. The second kappa shape index (κ2) is 4.33. The summed E-state index contributed by atoms with van der Waals surface area (Å²) in [6.45, 7) is 1.41. The molecule has 1 aromatic carbocycles. The zero-order valence-corrected chi connectivity index (χ0v) is 11.2. The maximum absolute atomic E-state index is 14.0. The van der Waals surface area contributed by atoms with Crippen LogP contribution in [0, 0.1) is 11.6 Å². The Morgan fingerprint density at radius 2 is 1.95 bits per heavy atom. The van der Waals surface area contributed by atoms with Crippen molar-refractivity contribution in [1.82, 2.24) is 4.90 Å². The zero-order chi connectivity index (χ0) is 14.5. The first-order chi connectivity index (χ1) is 9.43. The molecule has 1 saturated heterocycles. The predicted octanol–water partition coefficient (Wildman–Crippen LogP) is 2.43. The van der Waals surface area contributed by atoms with Crippen LogP contribution in [0.25, 0.3) is 0 Å². The number of nitrogens with zero attached hydrogens (tertiary/aromatic N) is 2. The van der Waals surface area contributed by atoms with Crippen molar-refractivity contribution in [2.45, 2.75) is 18.3 Å². The minimum atomic E-state index is -0.933. The van der Waals surface area contributed by atoms with Gasteiger partial charge in [-0.3, -0.25) is 0 Å². The standard InChI is InChI=1S/C14H16F2N2O2/c1-17-8-14(2-4-18(5-3-14)13(19)20)10-6-9(15)7-11(16)12(10)17/h6-7H,2-5,8H2,1H3,(H,19,20). The number of fused-ring (bicyclic) bond motifs is 2. The lowest BCUT2D eigenvalue weighted by Gasteiger charge is -2.38. The van der Waals surface area contributed by atoms with Gasteiger partial charge in [-0.1, -0.05) is 0 Å². The van der Waals surface area contributed by atoms with E-state index in [0.29, 0.717) is 43.7 Å². The lowest BCUT2D eigenvalue weighted by molar-refractivity contribution is 0.119. The van der Waals surface area contributed by atoms with Crippen LogP contribution in [0.3, 0.4) is 0 Å². The van der Waals surface area contributed by atoms with Gasteiger partial charge in [0.1, 0.15) is 11.6 Å². The lowest BCUT2D eigenvalue weighted by atomic mass is 9.74. The van der Waals surface area contributed by atoms with Crippen molar-refractivity contribution in [1.29, 1.82) is 0 Å². The molecule has 2 heterocycles. The van der Waals surface area contributed by atoms with Crippen LogP contribution in [0.2, 0.25) is 0 Å². The maximum Gasteiger partial charge on any atom is 0.407 e. The van der Waals surface area contributed by atoms with Crippen molar-refractivity contribution < 1.29 is 18.7 Å². The summed E-state index contributed by atoms with van der Waals surface area (Å²) in [6.07, 6.45) is 0.260. The Morgan fingerprint density at radius 1 is 1.30 bits per heavy atom. The molecule has 0 radical (unpaired) electrons. The van der Waals surface area contributed by atoms with Gasteiger partial charge in [0.25, 0.3) is 0 Å². The van der Waals surface area contributed by atoms with Gasteiger partial charge in [-0.05, 0) is 24.5 Å². The summed E-state index contributed by atoms with van der Waals surface area (Å²) in [5.41, 5.74) is 0.802. The van der Waals surface area contributed by atoms with Crippen LogP contribution in [0.15, 0.2) is 12.1 Å². The topological polar surface area (TPSA) is 43.8 Å². The molecule has 1 N–H and O–H groups in total. The van der Waals surface area contributed by atoms with E-state index in [1.165, 1.54) is 11.0 Å². The van der Waals surface area contributed by atoms with Crippen molar-refractivity contribution >= 4 is 11.8 Å². The van der Waals surface area contributed by atoms with Gasteiger partial charge >= 0.3 is 6.09 Å². The number of hydrogen-bond donors (Lipinski definition) is 1. The molecule has 2 aliphatic heterocycles. The highest BCUT2D eigenvalue weighted by Crippen LogP contribution is 2.47. The van der Waals surface area contributed by atoms with Gasteiger partial charge in [-0.15, -0.1) is 0 Å². The summed E-state index contributed by atoms with van der Waals surface area (Å²) < 4.78 is 27.5. The zero-order valence-electron chi connectivity index (χ0n) is 11.2. The normalized spacial score (nSPS) is 20.4. The van der Waals surface area contributed by atoms with Crippen molar-refractivity contribution in [3.63, 3.8) is 0 Å². The molecule has 1 spiro atoms. The molecule has 2 aliphatic rings. The molecule has 1 aromatic rings. The van der Waals surface area contributed by atoms with Gasteiger partial charge in [-0.25, -0.2) is 13.6 Å². The van der Waals surface area contributed by atoms with Crippen LogP contribution >= 0.6 is 0 Å². The van der Waals surface area contributed by atoms with Gasteiger partial charge in [0.05, 0.1) is 5.69 Å². The minimum absolute atomic E-state index is 0.334. The Hall–Kier alpha value is -1.85. The average Bonchev–Trinajstić information content (AvgIpc) is 2.63. The third kappa shape index (κ3) is 1.82. The molecule has 0 bridgehead atoms. The van der Waals surface area contributed by atoms with E-state index in [9.17, 15) is 13.6 Å². The fraction of sp³-hybridized carbons (Fsp3) is 0.500. The Morgan fingerprint density at radius 3 is 2.55 bits per heavy atom. The number of amides is 1. The molecule has 20 heavy (non-hydrogen) atoms. The number of benzene rings is 1. The van der Waals surface area contributed by atoms with E-state index in [1.54, 1.807) is 11.9 Å². The second-order valence-corrected chi connectivity index (χ2v) is 5.69.